The Balaban J connectivity index is 1.56. The van der Waals surface area contributed by atoms with Gasteiger partial charge >= 0.3 is 0 Å². The molecule has 1 aliphatic rings. The molecule has 1 aliphatic heterocycles. The minimum atomic E-state index is 0.109. The minimum Gasteiger partial charge on any atom is -0.301 e. The molecule has 2 aromatic rings. The summed E-state index contributed by atoms with van der Waals surface area (Å²) in [5, 5.41) is 4.86. The summed E-state index contributed by atoms with van der Waals surface area (Å²) in [6, 6.07) is 9.61. The highest BCUT2D eigenvalue weighted by atomic mass is 35.5. The number of rotatable bonds is 5. The number of halogens is 1. The van der Waals surface area contributed by atoms with E-state index in [2.05, 4.69) is 10.00 Å². The fourth-order valence-electron chi connectivity index (χ4n) is 3.02. The average Bonchev–Trinajstić information content (AvgIpc) is 2.99. The summed E-state index contributed by atoms with van der Waals surface area (Å²) in [7, 11) is 0. The van der Waals surface area contributed by atoms with Gasteiger partial charge in [0, 0.05) is 30.8 Å². The highest BCUT2D eigenvalue weighted by Gasteiger charge is 2.26. The molecule has 1 atom stereocenters. The molecule has 0 N–H and O–H groups in total. The summed E-state index contributed by atoms with van der Waals surface area (Å²) in [6.45, 7) is 3.59. The van der Waals surface area contributed by atoms with Crippen LogP contribution in [0, 0.1) is 5.92 Å². The Kier molecular flexibility index (Phi) is 4.90. The second-order valence-electron chi connectivity index (χ2n) is 5.79. The van der Waals surface area contributed by atoms with E-state index < -0.39 is 0 Å². The van der Waals surface area contributed by atoms with E-state index in [1.54, 1.807) is 6.20 Å². The molecule has 4 nitrogen and oxygen atoms in total. The topological polar surface area (TPSA) is 38.1 Å². The van der Waals surface area contributed by atoms with E-state index in [0.717, 1.165) is 44.6 Å². The van der Waals surface area contributed by atoms with Crippen molar-refractivity contribution in [2.75, 3.05) is 19.6 Å². The largest absolute Gasteiger partial charge is 0.301 e. The van der Waals surface area contributed by atoms with Crippen LogP contribution in [0.25, 0.3) is 0 Å². The molecule has 0 radical (unpaired) electrons. The zero-order valence-electron chi connectivity index (χ0n) is 12.5. The summed E-state index contributed by atoms with van der Waals surface area (Å²) < 4.78 is 1.85. The number of piperidine rings is 1. The lowest BCUT2D eigenvalue weighted by Crippen LogP contribution is -2.40. The normalized spacial score (nSPS) is 19.2. The van der Waals surface area contributed by atoms with E-state index in [4.69, 9.17) is 11.6 Å². The van der Waals surface area contributed by atoms with Crippen molar-refractivity contribution in [2.45, 2.75) is 19.4 Å². The maximum atomic E-state index is 12.6. The number of hydrogen-bond donors (Lipinski definition) is 0. The van der Waals surface area contributed by atoms with Gasteiger partial charge in [-0.25, -0.2) is 0 Å². The summed E-state index contributed by atoms with van der Waals surface area (Å²) in [5.41, 5.74) is 0.827. The smallest absolute Gasteiger partial charge is 0.167 e. The Bertz CT molecular complexity index is 626. The van der Waals surface area contributed by atoms with Crippen LogP contribution in [0.15, 0.2) is 42.7 Å². The van der Waals surface area contributed by atoms with Gasteiger partial charge in [0.25, 0.3) is 0 Å². The lowest BCUT2D eigenvalue weighted by Gasteiger charge is -2.31. The van der Waals surface area contributed by atoms with E-state index in [1.807, 2.05) is 41.2 Å². The summed E-state index contributed by atoms with van der Waals surface area (Å²) in [4.78, 5) is 14.9. The molecule has 0 amide bonds. The van der Waals surface area contributed by atoms with Crippen LogP contribution in [0.3, 0.4) is 0 Å². The molecular weight excluding hydrogens is 298 g/mol. The Hall–Kier alpha value is -1.65. The van der Waals surface area contributed by atoms with E-state index in [9.17, 15) is 4.79 Å². The predicted octanol–water partition coefficient (Wildman–Crippen LogP) is 3.13. The van der Waals surface area contributed by atoms with Gasteiger partial charge in [-0.15, -0.1) is 0 Å². The third-order valence-electron chi connectivity index (χ3n) is 4.18. The fraction of sp³-hybridized carbons (Fsp3) is 0.412. The van der Waals surface area contributed by atoms with Crippen molar-refractivity contribution in [3.05, 3.63) is 53.3 Å². The van der Waals surface area contributed by atoms with Crippen LogP contribution in [0.4, 0.5) is 0 Å². The highest BCUT2D eigenvalue weighted by Crippen LogP contribution is 2.21. The first-order valence-electron chi connectivity index (χ1n) is 7.72. The molecule has 1 aromatic carbocycles. The van der Waals surface area contributed by atoms with Gasteiger partial charge in [0.15, 0.2) is 5.78 Å². The molecule has 1 fully saturated rings. The lowest BCUT2D eigenvalue weighted by atomic mass is 9.90. The Morgan fingerprint density at radius 2 is 2.09 bits per heavy atom. The number of ketones is 1. The van der Waals surface area contributed by atoms with Gasteiger partial charge < -0.3 is 4.90 Å². The monoisotopic (exact) mass is 317 g/mol. The molecule has 0 unspecified atom stereocenters. The first-order valence-corrected chi connectivity index (χ1v) is 8.10. The fourth-order valence-corrected chi connectivity index (χ4v) is 3.17. The van der Waals surface area contributed by atoms with Gasteiger partial charge in [0.05, 0.1) is 17.8 Å². The van der Waals surface area contributed by atoms with Crippen molar-refractivity contribution in [1.82, 2.24) is 14.7 Å². The number of carbonyl (C=O) groups excluding carboxylic acids is 1. The van der Waals surface area contributed by atoms with Crippen LogP contribution in [-0.4, -0.2) is 40.1 Å². The average molecular weight is 318 g/mol. The molecule has 0 bridgehead atoms. The lowest BCUT2D eigenvalue weighted by molar-refractivity contribution is 0.0815. The number of Topliss-reactive ketones (excluding diaryl/α,β-unsaturated/α-hetero) is 1. The molecular formula is C17H20ClN3O. The molecule has 1 aromatic heterocycles. The van der Waals surface area contributed by atoms with Gasteiger partial charge in [-0.2, -0.15) is 5.10 Å². The van der Waals surface area contributed by atoms with Crippen LogP contribution in [-0.2, 0) is 6.54 Å². The van der Waals surface area contributed by atoms with Crippen molar-refractivity contribution in [1.29, 1.82) is 0 Å². The molecule has 116 valence electrons. The number of benzene rings is 1. The third-order valence-corrected chi connectivity index (χ3v) is 4.38. The predicted molar refractivity (Wildman–Crippen MR) is 87.2 cm³/mol. The molecule has 2 heterocycles. The summed E-state index contributed by atoms with van der Waals surface area (Å²) >= 11 is 5.87. The first kappa shape index (κ1) is 15.3. The molecule has 0 spiro atoms. The third kappa shape index (κ3) is 3.76. The quantitative estimate of drug-likeness (QED) is 0.795. The Labute approximate surface area is 135 Å². The van der Waals surface area contributed by atoms with Crippen molar-refractivity contribution in [2.24, 2.45) is 5.92 Å². The van der Waals surface area contributed by atoms with E-state index in [1.165, 1.54) is 0 Å². The summed E-state index contributed by atoms with van der Waals surface area (Å²) in [5.74, 6) is 0.379. The van der Waals surface area contributed by atoms with Crippen LogP contribution in [0.5, 0.6) is 0 Å². The Morgan fingerprint density at radius 1 is 1.27 bits per heavy atom. The van der Waals surface area contributed by atoms with Crippen LogP contribution in [0.2, 0.25) is 5.02 Å². The van der Waals surface area contributed by atoms with Crippen LogP contribution >= 0.6 is 11.6 Å². The zero-order chi connectivity index (χ0) is 15.4. The van der Waals surface area contributed by atoms with Crippen LogP contribution in [0.1, 0.15) is 23.2 Å². The van der Waals surface area contributed by atoms with Gasteiger partial charge in [0.2, 0.25) is 0 Å². The van der Waals surface area contributed by atoms with E-state index in [-0.39, 0.29) is 11.7 Å². The van der Waals surface area contributed by atoms with Crippen molar-refractivity contribution < 1.29 is 4.79 Å². The molecule has 0 saturated carbocycles. The molecule has 22 heavy (non-hydrogen) atoms. The van der Waals surface area contributed by atoms with Gasteiger partial charge in [-0.3, -0.25) is 9.48 Å². The number of carbonyl (C=O) groups is 1. The highest BCUT2D eigenvalue weighted by molar-refractivity contribution is 6.30. The second kappa shape index (κ2) is 7.07. The Morgan fingerprint density at radius 3 is 2.82 bits per heavy atom. The zero-order valence-corrected chi connectivity index (χ0v) is 13.2. The summed E-state index contributed by atoms with van der Waals surface area (Å²) in [6.07, 6.45) is 5.54. The van der Waals surface area contributed by atoms with Crippen molar-refractivity contribution in [3.63, 3.8) is 0 Å². The number of hydrogen-bond acceptors (Lipinski definition) is 3. The maximum Gasteiger partial charge on any atom is 0.167 e. The van der Waals surface area contributed by atoms with Gasteiger partial charge in [-0.1, -0.05) is 41.9 Å². The molecule has 5 heteroatoms. The molecule has 3 rings (SSSR count). The minimum absolute atomic E-state index is 0.109. The number of nitrogens with zero attached hydrogens (tertiary/aromatic N) is 3. The van der Waals surface area contributed by atoms with Crippen LogP contribution < -0.4 is 0 Å². The second-order valence-corrected chi connectivity index (χ2v) is 6.23. The standard InChI is InChI=1S/C17H20ClN3O/c18-16-11-19-21(13-16)10-9-20-8-4-7-15(12-20)17(22)14-5-2-1-3-6-14/h1-3,5-6,11,13,15H,4,7-10,12H2/t15-/m0/s1. The molecule has 1 saturated heterocycles. The van der Waals surface area contributed by atoms with Gasteiger partial charge in [-0.05, 0) is 19.4 Å². The van der Waals surface area contributed by atoms with Crippen molar-refractivity contribution >= 4 is 17.4 Å². The van der Waals surface area contributed by atoms with Crippen molar-refractivity contribution in [3.8, 4) is 0 Å². The van der Waals surface area contributed by atoms with E-state index >= 15 is 0 Å². The molecule has 0 aliphatic carbocycles. The number of likely N-dealkylation sites (tertiary alicyclic amines) is 1. The number of aromatic nitrogens is 2. The SMILES string of the molecule is O=C(c1ccccc1)[C@H]1CCCN(CCn2cc(Cl)cn2)C1. The van der Waals surface area contributed by atoms with E-state index in [0.29, 0.717) is 5.02 Å². The van der Waals surface area contributed by atoms with Gasteiger partial charge in [0.1, 0.15) is 0 Å². The first-order chi connectivity index (χ1) is 10.7. The maximum absolute atomic E-state index is 12.6.